The van der Waals surface area contributed by atoms with Gasteiger partial charge >= 0.3 is 21.8 Å². The van der Waals surface area contributed by atoms with Crippen molar-refractivity contribution in [1.82, 2.24) is 0 Å². The zero-order chi connectivity index (χ0) is 21.5. The highest BCUT2D eigenvalue weighted by Gasteiger charge is 2.48. The lowest BCUT2D eigenvalue weighted by molar-refractivity contribution is -0.0499. The number of halogens is 3. The van der Waals surface area contributed by atoms with Gasteiger partial charge in [0.2, 0.25) is 0 Å². The molecule has 160 valence electrons. The lowest BCUT2D eigenvalue weighted by Gasteiger charge is -2.13. The Labute approximate surface area is 170 Å². The van der Waals surface area contributed by atoms with Crippen LogP contribution < -0.4 is 8.92 Å². The lowest BCUT2D eigenvalue weighted by Crippen LogP contribution is -2.28. The van der Waals surface area contributed by atoms with Gasteiger partial charge in [-0.15, -0.1) is 0 Å². The lowest BCUT2D eigenvalue weighted by atomic mass is 10.1. The topological polar surface area (TPSA) is 78.9 Å². The third-order valence-corrected chi connectivity index (χ3v) is 5.73. The van der Waals surface area contributed by atoms with Crippen LogP contribution in [-0.4, -0.2) is 38.2 Å². The molecular formula is C18H19F3O6S2. The fourth-order valence-corrected chi connectivity index (χ4v) is 3.82. The summed E-state index contributed by atoms with van der Waals surface area (Å²) in [5.74, 6) is 2.28. The minimum Gasteiger partial charge on any atom is -0.434 e. The minimum atomic E-state index is -5.82. The Morgan fingerprint density at radius 2 is 1.59 bits per heavy atom. The van der Waals surface area contributed by atoms with E-state index < -0.39 is 27.5 Å². The molecule has 0 bridgehead atoms. The third kappa shape index (κ3) is 6.43. The number of hydrogen-bond acceptors (Lipinski definition) is 7. The average molecular weight is 452 g/mol. The molecule has 1 heterocycles. The van der Waals surface area contributed by atoms with Crippen LogP contribution in [0.5, 0.6) is 11.5 Å². The van der Waals surface area contributed by atoms with Crippen LogP contribution in [0.15, 0.2) is 36.4 Å². The van der Waals surface area contributed by atoms with Gasteiger partial charge in [-0.05, 0) is 43.4 Å². The monoisotopic (exact) mass is 452 g/mol. The molecule has 1 saturated heterocycles. The first-order valence-electron chi connectivity index (χ1n) is 8.60. The first kappa shape index (κ1) is 23.1. The molecule has 1 aliphatic rings. The van der Waals surface area contributed by atoms with Crippen LogP contribution in [0.3, 0.4) is 0 Å². The van der Waals surface area contributed by atoms with Crippen LogP contribution in [0.4, 0.5) is 18.0 Å². The molecule has 0 unspecified atom stereocenters. The number of carbonyl (C=O) groups excluding carboxylic acids is 1. The van der Waals surface area contributed by atoms with Gasteiger partial charge in [0.15, 0.2) is 5.75 Å². The van der Waals surface area contributed by atoms with Gasteiger partial charge in [0.25, 0.3) is 0 Å². The highest BCUT2D eigenvalue weighted by molar-refractivity contribution is 7.99. The normalized spacial score (nSPS) is 14.1. The molecule has 0 aliphatic carbocycles. The molecule has 0 saturated carbocycles. The van der Waals surface area contributed by atoms with E-state index in [1.165, 1.54) is 48.6 Å². The summed E-state index contributed by atoms with van der Waals surface area (Å²) < 4.78 is 73.4. The molecule has 0 amide bonds. The smallest absolute Gasteiger partial charge is 0.434 e. The molecule has 3 rings (SSSR count). The molecule has 6 nitrogen and oxygen atoms in total. The van der Waals surface area contributed by atoms with Crippen molar-refractivity contribution in [1.29, 1.82) is 0 Å². The third-order valence-electron chi connectivity index (χ3n) is 3.61. The molecule has 0 aromatic heterocycles. The summed E-state index contributed by atoms with van der Waals surface area (Å²) in [4.78, 5) is 11.4. The van der Waals surface area contributed by atoms with Crippen LogP contribution in [-0.2, 0) is 14.9 Å². The van der Waals surface area contributed by atoms with Crippen molar-refractivity contribution in [2.75, 3.05) is 18.1 Å². The Morgan fingerprint density at radius 1 is 1.03 bits per heavy atom. The van der Waals surface area contributed by atoms with Crippen LogP contribution in [0, 0.1) is 0 Å². The molecule has 0 radical (unpaired) electrons. The van der Waals surface area contributed by atoms with E-state index in [2.05, 4.69) is 20.7 Å². The molecule has 2 aromatic rings. The number of ether oxygens (including phenoxy) is 2. The molecule has 0 N–H and O–H groups in total. The SMILES string of the molecule is C1CCSC1.CCOC(=O)Oc1ccc(OS(=O)(=O)C(F)(F)F)c2ccccc12. The first-order valence-corrected chi connectivity index (χ1v) is 11.2. The van der Waals surface area contributed by atoms with E-state index in [0.717, 1.165) is 12.1 Å². The van der Waals surface area contributed by atoms with Crippen molar-refractivity contribution in [3.05, 3.63) is 36.4 Å². The number of alkyl halides is 3. The number of hydrogen-bond donors (Lipinski definition) is 0. The highest BCUT2D eigenvalue weighted by atomic mass is 32.2. The second-order valence-corrected chi connectivity index (χ2v) is 8.46. The molecule has 1 aliphatic heterocycles. The maximum Gasteiger partial charge on any atom is 0.534 e. The number of carbonyl (C=O) groups is 1. The van der Waals surface area contributed by atoms with Crippen molar-refractivity contribution in [3.63, 3.8) is 0 Å². The molecule has 0 atom stereocenters. The fraction of sp³-hybridized carbons (Fsp3) is 0.389. The summed E-state index contributed by atoms with van der Waals surface area (Å²) in [5.41, 5.74) is -5.56. The standard InChI is InChI=1S/C14H11F3O6S.C4H8S/c1-2-21-13(18)22-11-7-8-12(10-6-4-3-5-9(10)11)23-24(19,20)14(15,16)17;1-2-4-5-3-1/h3-8H,2H2,1H3;1-4H2. The molecule has 29 heavy (non-hydrogen) atoms. The van der Waals surface area contributed by atoms with E-state index in [1.54, 1.807) is 6.92 Å². The van der Waals surface area contributed by atoms with Crippen molar-refractivity contribution < 1.29 is 40.0 Å². The van der Waals surface area contributed by atoms with Gasteiger partial charge in [-0.3, -0.25) is 0 Å². The van der Waals surface area contributed by atoms with Gasteiger partial charge in [0, 0.05) is 10.8 Å². The van der Waals surface area contributed by atoms with E-state index in [-0.39, 0.29) is 23.1 Å². The van der Waals surface area contributed by atoms with Crippen LogP contribution in [0.1, 0.15) is 19.8 Å². The Balaban J connectivity index is 0.000000521. The van der Waals surface area contributed by atoms with Gasteiger partial charge in [-0.1, -0.05) is 24.3 Å². The fourth-order valence-electron chi connectivity index (χ4n) is 2.32. The van der Waals surface area contributed by atoms with E-state index in [4.69, 9.17) is 4.74 Å². The highest BCUT2D eigenvalue weighted by Crippen LogP contribution is 2.36. The van der Waals surface area contributed by atoms with Crippen molar-refractivity contribution in [2.24, 2.45) is 0 Å². The number of benzene rings is 2. The maximum atomic E-state index is 12.5. The predicted octanol–water partition coefficient (Wildman–Crippen LogP) is 5.12. The summed E-state index contributed by atoms with van der Waals surface area (Å²) in [6.45, 7) is 1.64. The predicted molar refractivity (Wildman–Crippen MR) is 104 cm³/mol. The summed E-state index contributed by atoms with van der Waals surface area (Å²) in [6, 6.07) is 7.82. The number of rotatable bonds is 4. The van der Waals surface area contributed by atoms with Gasteiger partial charge in [-0.2, -0.15) is 33.4 Å². The maximum absolute atomic E-state index is 12.5. The van der Waals surface area contributed by atoms with Crippen LogP contribution >= 0.6 is 11.8 Å². The zero-order valence-corrected chi connectivity index (χ0v) is 17.0. The van der Waals surface area contributed by atoms with Gasteiger partial charge in [0.1, 0.15) is 5.75 Å². The molecular weight excluding hydrogens is 433 g/mol. The summed E-state index contributed by atoms with van der Waals surface area (Å²) in [6.07, 6.45) is 1.93. The largest absolute Gasteiger partial charge is 0.534 e. The van der Waals surface area contributed by atoms with E-state index >= 15 is 0 Å². The van der Waals surface area contributed by atoms with Crippen LogP contribution in [0.2, 0.25) is 0 Å². The van der Waals surface area contributed by atoms with E-state index in [0.29, 0.717) is 0 Å². The van der Waals surface area contributed by atoms with Crippen molar-refractivity contribution in [3.8, 4) is 11.5 Å². The Hall–Kier alpha value is -2.14. The number of thioether (sulfide) groups is 1. The Bertz CT molecular complexity index is 933. The van der Waals surface area contributed by atoms with Crippen molar-refractivity contribution in [2.45, 2.75) is 25.3 Å². The minimum absolute atomic E-state index is 0.0131. The van der Waals surface area contributed by atoms with E-state index in [9.17, 15) is 26.4 Å². The number of fused-ring (bicyclic) bond motifs is 1. The first-order chi connectivity index (χ1) is 13.7. The summed E-state index contributed by atoms with van der Waals surface area (Å²) in [5, 5.41) is 0.201. The van der Waals surface area contributed by atoms with Gasteiger partial charge in [-0.25, -0.2) is 4.79 Å². The Kier molecular flexibility index (Phi) is 8.03. The van der Waals surface area contributed by atoms with E-state index in [1.807, 2.05) is 0 Å². The van der Waals surface area contributed by atoms with Crippen molar-refractivity contribution >= 4 is 38.8 Å². The summed E-state index contributed by atoms with van der Waals surface area (Å²) >= 11 is 2.07. The summed E-state index contributed by atoms with van der Waals surface area (Å²) in [7, 11) is -5.82. The molecule has 11 heteroatoms. The van der Waals surface area contributed by atoms with Gasteiger partial charge < -0.3 is 13.7 Å². The second-order valence-electron chi connectivity index (χ2n) is 5.70. The molecule has 0 spiro atoms. The molecule has 1 fully saturated rings. The van der Waals surface area contributed by atoms with Gasteiger partial charge in [0.05, 0.1) is 6.61 Å². The average Bonchev–Trinajstić information content (AvgIpc) is 3.23. The second kappa shape index (κ2) is 10.1. The molecule has 2 aromatic carbocycles. The zero-order valence-electron chi connectivity index (χ0n) is 15.4. The Morgan fingerprint density at radius 3 is 2.07 bits per heavy atom. The van der Waals surface area contributed by atoms with Crippen LogP contribution in [0.25, 0.3) is 10.8 Å². The quantitative estimate of drug-likeness (QED) is 0.276.